The van der Waals surface area contributed by atoms with Crippen molar-refractivity contribution in [3.8, 4) is 0 Å². The Balaban J connectivity index is 0.00000144. The standard InChI is InChI=1S/C7H7FO3S.ClH/c8-5-6-1-3-7(4-2-6)12(9,10)11;/h1-4H,5H2,(H,9,10,11);1H. The molecule has 0 heterocycles. The van der Waals surface area contributed by atoms with E-state index in [2.05, 4.69) is 0 Å². The van der Waals surface area contributed by atoms with Gasteiger partial charge >= 0.3 is 0 Å². The van der Waals surface area contributed by atoms with E-state index in [0.717, 1.165) is 12.1 Å². The monoisotopic (exact) mass is 226 g/mol. The first-order valence-corrected chi connectivity index (χ1v) is 4.60. The zero-order valence-corrected chi connectivity index (χ0v) is 8.11. The molecule has 1 aromatic carbocycles. The van der Waals surface area contributed by atoms with Gasteiger partial charge in [-0.15, -0.1) is 12.4 Å². The van der Waals surface area contributed by atoms with E-state index in [9.17, 15) is 12.8 Å². The van der Waals surface area contributed by atoms with Crippen molar-refractivity contribution in [1.29, 1.82) is 0 Å². The highest BCUT2D eigenvalue weighted by Crippen LogP contribution is 2.10. The molecule has 0 aliphatic rings. The number of hydrogen-bond acceptors (Lipinski definition) is 2. The summed E-state index contributed by atoms with van der Waals surface area (Å²) in [7, 11) is -4.15. The second kappa shape index (κ2) is 4.55. The zero-order chi connectivity index (χ0) is 9.19. The molecular weight excluding hydrogens is 219 g/mol. The SMILES string of the molecule is Cl.O=S(=O)(O)c1ccc(CF)cc1. The maximum absolute atomic E-state index is 11.9. The zero-order valence-electron chi connectivity index (χ0n) is 6.47. The topological polar surface area (TPSA) is 54.4 Å². The van der Waals surface area contributed by atoms with E-state index in [1.807, 2.05) is 0 Å². The van der Waals surface area contributed by atoms with E-state index >= 15 is 0 Å². The van der Waals surface area contributed by atoms with Crippen LogP contribution in [0.3, 0.4) is 0 Å². The molecular formula is C7H8ClFO3S. The van der Waals surface area contributed by atoms with Gasteiger partial charge < -0.3 is 0 Å². The maximum atomic E-state index is 11.9. The van der Waals surface area contributed by atoms with Gasteiger partial charge in [0.25, 0.3) is 10.1 Å². The number of alkyl halides is 1. The van der Waals surface area contributed by atoms with Gasteiger partial charge in [0.2, 0.25) is 0 Å². The van der Waals surface area contributed by atoms with Crippen LogP contribution in [0.15, 0.2) is 29.2 Å². The maximum Gasteiger partial charge on any atom is 0.294 e. The second-order valence-corrected chi connectivity index (χ2v) is 3.67. The molecule has 0 radical (unpaired) electrons. The molecule has 1 rings (SSSR count). The van der Waals surface area contributed by atoms with Gasteiger partial charge in [-0.3, -0.25) is 4.55 Å². The molecule has 0 saturated carbocycles. The summed E-state index contributed by atoms with van der Waals surface area (Å²) >= 11 is 0. The van der Waals surface area contributed by atoms with Crippen molar-refractivity contribution in [2.45, 2.75) is 11.6 Å². The molecule has 0 aliphatic heterocycles. The second-order valence-electron chi connectivity index (χ2n) is 2.25. The summed E-state index contributed by atoms with van der Waals surface area (Å²) in [4.78, 5) is -0.222. The molecule has 0 unspecified atom stereocenters. The predicted octanol–water partition coefficient (Wildman–Crippen LogP) is 1.82. The predicted molar refractivity (Wildman–Crippen MR) is 48.3 cm³/mol. The third-order valence-electron chi connectivity index (χ3n) is 1.38. The first kappa shape index (κ1) is 12.3. The molecule has 0 spiro atoms. The van der Waals surface area contributed by atoms with Gasteiger partial charge in [0.1, 0.15) is 6.67 Å². The van der Waals surface area contributed by atoms with Crippen LogP contribution < -0.4 is 0 Å². The summed E-state index contributed by atoms with van der Waals surface area (Å²) in [5.74, 6) is 0. The van der Waals surface area contributed by atoms with E-state index in [1.165, 1.54) is 12.1 Å². The van der Waals surface area contributed by atoms with Crippen LogP contribution in [0.25, 0.3) is 0 Å². The molecule has 1 N–H and O–H groups in total. The molecule has 0 atom stereocenters. The van der Waals surface area contributed by atoms with Crippen LogP contribution in [0, 0.1) is 0 Å². The summed E-state index contributed by atoms with van der Waals surface area (Å²) in [6, 6.07) is 4.93. The minimum absolute atomic E-state index is 0. The number of halogens is 2. The van der Waals surface area contributed by atoms with Crippen LogP contribution in [0.5, 0.6) is 0 Å². The highest BCUT2D eigenvalue weighted by Gasteiger charge is 2.07. The first-order valence-electron chi connectivity index (χ1n) is 3.16. The van der Waals surface area contributed by atoms with Gasteiger partial charge in [-0.25, -0.2) is 4.39 Å². The van der Waals surface area contributed by atoms with E-state index in [0.29, 0.717) is 5.56 Å². The Bertz CT molecular complexity index is 360. The summed E-state index contributed by atoms with van der Waals surface area (Å²) in [6.07, 6.45) is 0. The average Bonchev–Trinajstić information content (AvgIpc) is 2.03. The van der Waals surface area contributed by atoms with E-state index in [-0.39, 0.29) is 17.3 Å². The Hall–Kier alpha value is -0.650. The van der Waals surface area contributed by atoms with Gasteiger partial charge in [0, 0.05) is 0 Å². The quantitative estimate of drug-likeness (QED) is 0.783. The summed E-state index contributed by atoms with van der Waals surface area (Å²) in [5, 5.41) is 0. The molecule has 0 saturated heterocycles. The average molecular weight is 227 g/mol. The van der Waals surface area contributed by atoms with Gasteiger partial charge in [0.05, 0.1) is 4.90 Å². The fourth-order valence-electron chi connectivity index (χ4n) is 0.751. The largest absolute Gasteiger partial charge is 0.294 e. The molecule has 74 valence electrons. The van der Waals surface area contributed by atoms with Gasteiger partial charge in [-0.2, -0.15) is 8.42 Å². The van der Waals surface area contributed by atoms with Crippen LogP contribution in [0.2, 0.25) is 0 Å². The Morgan fingerprint density at radius 2 is 1.69 bits per heavy atom. The molecule has 0 fully saturated rings. The van der Waals surface area contributed by atoms with Crippen LogP contribution in [-0.4, -0.2) is 13.0 Å². The molecule has 0 aromatic heterocycles. The molecule has 0 amide bonds. The molecule has 3 nitrogen and oxygen atoms in total. The van der Waals surface area contributed by atoms with E-state index < -0.39 is 16.8 Å². The minimum Gasteiger partial charge on any atom is -0.282 e. The summed E-state index contributed by atoms with van der Waals surface area (Å²) in [5.41, 5.74) is 0.377. The molecule has 6 heteroatoms. The number of rotatable bonds is 2. The van der Waals surface area contributed by atoms with Crippen LogP contribution in [-0.2, 0) is 16.8 Å². The fraction of sp³-hybridized carbons (Fsp3) is 0.143. The van der Waals surface area contributed by atoms with Gasteiger partial charge in [0.15, 0.2) is 0 Å². The number of benzene rings is 1. The Morgan fingerprint density at radius 1 is 1.23 bits per heavy atom. The van der Waals surface area contributed by atoms with Crippen molar-refractivity contribution in [1.82, 2.24) is 0 Å². The first-order chi connectivity index (χ1) is 5.54. The normalized spacial score (nSPS) is 10.6. The van der Waals surface area contributed by atoms with E-state index in [1.54, 1.807) is 0 Å². The lowest BCUT2D eigenvalue weighted by Gasteiger charge is -1.96. The lowest BCUT2D eigenvalue weighted by Crippen LogP contribution is -1.97. The van der Waals surface area contributed by atoms with Crippen molar-refractivity contribution < 1.29 is 17.4 Å². The molecule has 1 aromatic rings. The van der Waals surface area contributed by atoms with Gasteiger partial charge in [-0.05, 0) is 17.7 Å². The smallest absolute Gasteiger partial charge is 0.282 e. The van der Waals surface area contributed by atoms with Crippen LogP contribution in [0.4, 0.5) is 4.39 Å². The summed E-state index contributed by atoms with van der Waals surface area (Å²) in [6.45, 7) is -0.647. The highest BCUT2D eigenvalue weighted by atomic mass is 35.5. The molecule has 0 bridgehead atoms. The highest BCUT2D eigenvalue weighted by molar-refractivity contribution is 7.85. The third kappa shape index (κ3) is 3.30. The molecule has 13 heavy (non-hydrogen) atoms. The Kier molecular flexibility index (Phi) is 4.32. The van der Waals surface area contributed by atoms with E-state index in [4.69, 9.17) is 4.55 Å². The van der Waals surface area contributed by atoms with Crippen molar-refractivity contribution in [2.24, 2.45) is 0 Å². The van der Waals surface area contributed by atoms with Crippen molar-refractivity contribution in [2.75, 3.05) is 0 Å². The van der Waals surface area contributed by atoms with Crippen molar-refractivity contribution in [3.63, 3.8) is 0 Å². The molecule has 0 aliphatic carbocycles. The van der Waals surface area contributed by atoms with Crippen molar-refractivity contribution >= 4 is 22.5 Å². The van der Waals surface area contributed by atoms with Crippen LogP contribution >= 0.6 is 12.4 Å². The Morgan fingerprint density at radius 3 is 2.00 bits per heavy atom. The minimum atomic E-state index is -4.15. The fourth-order valence-corrected chi connectivity index (χ4v) is 1.23. The number of hydrogen-bond donors (Lipinski definition) is 1. The van der Waals surface area contributed by atoms with Crippen molar-refractivity contribution in [3.05, 3.63) is 29.8 Å². The lowest BCUT2D eigenvalue weighted by atomic mass is 10.2. The third-order valence-corrected chi connectivity index (χ3v) is 2.24. The van der Waals surface area contributed by atoms with Gasteiger partial charge in [-0.1, -0.05) is 12.1 Å². The van der Waals surface area contributed by atoms with Crippen LogP contribution in [0.1, 0.15) is 5.56 Å². The summed E-state index contributed by atoms with van der Waals surface area (Å²) < 4.78 is 41.5. The lowest BCUT2D eigenvalue weighted by molar-refractivity contribution is 0.479. The Labute approximate surface area is 81.7 Å².